The first-order valence-electron chi connectivity index (χ1n) is 4.28. The molecule has 80 valence electrons. The fraction of sp³-hybridized carbons (Fsp3) is 1.00. The second-order valence-electron chi connectivity index (χ2n) is 2.93. The van der Waals surface area contributed by atoms with Crippen molar-refractivity contribution in [1.82, 2.24) is 4.90 Å². The van der Waals surface area contributed by atoms with Crippen LogP contribution in [0.15, 0.2) is 0 Å². The Kier molecular flexibility index (Phi) is 7.03. The Morgan fingerprint density at radius 2 is 2.00 bits per heavy atom. The van der Waals surface area contributed by atoms with Crippen molar-refractivity contribution in [3.63, 3.8) is 0 Å². The Bertz CT molecular complexity index is 125. The zero-order valence-corrected chi connectivity index (χ0v) is 8.04. The highest BCUT2D eigenvalue weighted by Gasteiger charge is 2.11. The van der Waals surface area contributed by atoms with Gasteiger partial charge in [0.05, 0.1) is 19.3 Å². The molecule has 0 aliphatic heterocycles. The van der Waals surface area contributed by atoms with Crippen LogP contribution in [-0.4, -0.2) is 55.9 Å². The zero-order chi connectivity index (χ0) is 10.3. The van der Waals surface area contributed by atoms with E-state index in [0.29, 0.717) is 6.61 Å². The maximum atomic E-state index is 11.8. The summed E-state index contributed by atoms with van der Waals surface area (Å²) in [6, 6.07) is 0. The maximum Gasteiger partial charge on any atom is 0.251 e. The van der Waals surface area contributed by atoms with Crippen LogP contribution in [0.2, 0.25) is 0 Å². The van der Waals surface area contributed by atoms with Gasteiger partial charge in [0.2, 0.25) is 0 Å². The average Bonchev–Trinajstić information content (AvgIpc) is 1.98. The van der Waals surface area contributed by atoms with Crippen LogP contribution in [0.1, 0.15) is 6.92 Å². The minimum Gasteiger partial charge on any atom is -0.389 e. The third-order valence-corrected chi connectivity index (χ3v) is 1.49. The van der Waals surface area contributed by atoms with Crippen LogP contribution in [0.4, 0.5) is 8.78 Å². The van der Waals surface area contributed by atoms with E-state index in [-0.39, 0.29) is 19.7 Å². The molecule has 0 spiro atoms. The normalized spacial score (nSPS) is 14.1. The number of halogens is 2. The number of rotatable bonds is 7. The summed E-state index contributed by atoms with van der Waals surface area (Å²) in [5, 5.41) is 9.25. The van der Waals surface area contributed by atoms with E-state index >= 15 is 0 Å². The van der Waals surface area contributed by atoms with E-state index in [0.717, 1.165) is 0 Å². The van der Waals surface area contributed by atoms with Crippen molar-refractivity contribution in [2.45, 2.75) is 19.5 Å². The van der Waals surface area contributed by atoms with Gasteiger partial charge in [0, 0.05) is 13.2 Å². The molecular formula is C8H17F2NO2. The van der Waals surface area contributed by atoms with E-state index in [4.69, 9.17) is 4.74 Å². The first kappa shape index (κ1) is 12.7. The Hall–Kier alpha value is -0.260. The minimum atomic E-state index is -2.36. The number of ether oxygens (including phenoxy) is 1. The van der Waals surface area contributed by atoms with Crippen molar-refractivity contribution in [2.24, 2.45) is 0 Å². The summed E-state index contributed by atoms with van der Waals surface area (Å²) in [6.45, 7) is 2.43. The third kappa shape index (κ3) is 8.08. The molecule has 0 heterocycles. The first-order valence-corrected chi connectivity index (χ1v) is 4.28. The average molecular weight is 197 g/mol. The highest BCUT2D eigenvalue weighted by molar-refractivity contribution is 4.61. The molecule has 0 fully saturated rings. The lowest BCUT2D eigenvalue weighted by molar-refractivity contribution is 0.0139. The SMILES string of the molecule is CCOCC(O)CN(C)CC(F)F. The molecule has 13 heavy (non-hydrogen) atoms. The highest BCUT2D eigenvalue weighted by Crippen LogP contribution is 1.97. The smallest absolute Gasteiger partial charge is 0.251 e. The van der Waals surface area contributed by atoms with Crippen molar-refractivity contribution < 1.29 is 18.6 Å². The molecule has 0 amide bonds. The number of nitrogens with zero attached hydrogens (tertiary/aromatic N) is 1. The van der Waals surface area contributed by atoms with Crippen molar-refractivity contribution in [1.29, 1.82) is 0 Å². The lowest BCUT2D eigenvalue weighted by atomic mass is 10.3. The molecule has 0 aromatic rings. The van der Waals surface area contributed by atoms with Gasteiger partial charge in [-0.05, 0) is 14.0 Å². The van der Waals surface area contributed by atoms with E-state index in [1.807, 2.05) is 6.92 Å². The Morgan fingerprint density at radius 3 is 2.46 bits per heavy atom. The summed E-state index contributed by atoms with van der Waals surface area (Å²) in [7, 11) is 1.54. The second kappa shape index (κ2) is 7.17. The molecule has 0 bridgehead atoms. The van der Waals surface area contributed by atoms with Gasteiger partial charge in [-0.15, -0.1) is 0 Å². The molecule has 0 aromatic heterocycles. The quantitative estimate of drug-likeness (QED) is 0.648. The molecule has 5 heteroatoms. The summed E-state index contributed by atoms with van der Waals surface area (Å²) >= 11 is 0. The Morgan fingerprint density at radius 1 is 1.38 bits per heavy atom. The van der Waals surface area contributed by atoms with Crippen molar-refractivity contribution in [3.05, 3.63) is 0 Å². The van der Waals surface area contributed by atoms with E-state index in [1.54, 1.807) is 7.05 Å². The van der Waals surface area contributed by atoms with Crippen molar-refractivity contribution in [3.8, 4) is 0 Å². The summed E-state index contributed by atoms with van der Waals surface area (Å²) in [5.74, 6) is 0. The van der Waals surface area contributed by atoms with E-state index < -0.39 is 12.5 Å². The van der Waals surface area contributed by atoms with Gasteiger partial charge in [0.1, 0.15) is 0 Å². The van der Waals surface area contributed by atoms with Crippen LogP contribution >= 0.6 is 0 Å². The van der Waals surface area contributed by atoms with Crippen LogP contribution < -0.4 is 0 Å². The standard InChI is InChI=1S/C8H17F2NO2/c1-3-13-6-7(12)4-11(2)5-8(9)10/h7-8,12H,3-6H2,1-2H3. The maximum absolute atomic E-state index is 11.8. The predicted molar refractivity (Wildman–Crippen MR) is 46.0 cm³/mol. The second-order valence-corrected chi connectivity index (χ2v) is 2.93. The fourth-order valence-electron chi connectivity index (χ4n) is 0.977. The number of aliphatic hydroxyl groups is 1. The summed E-state index contributed by atoms with van der Waals surface area (Å²) in [6.07, 6.45) is -3.05. The molecule has 0 radical (unpaired) electrons. The number of likely N-dealkylation sites (N-methyl/N-ethyl adjacent to an activating group) is 1. The predicted octanol–water partition coefficient (Wildman–Crippen LogP) is 0.581. The van der Waals surface area contributed by atoms with Crippen LogP contribution in [-0.2, 0) is 4.74 Å². The molecule has 0 aliphatic carbocycles. The number of alkyl halides is 2. The topological polar surface area (TPSA) is 32.7 Å². The summed E-state index contributed by atoms with van der Waals surface area (Å²) in [4.78, 5) is 1.38. The molecule has 1 N–H and O–H groups in total. The lowest BCUT2D eigenvalue weighted by Crippen LogP contribution is -2.35. The van der Waals surface area contributed by atoms with Crippen molar-refractivity contribution >= 4 is 0 Å². The molecule has 1 unspecified atom stereocenters. The molecule has 0 rings (SSSR count). The number of aliphatic hydroxyl groups excluding tert-OH is 1. The highest BCUT2D eigenvalue weighted by atomic mass is 19.3. The van der Waals surface area contributed by atoms with Gasteiger partial charge in [-0.2, -0.15) is 0 Å². The van der Waals surface area contributed by atoms with E-state index in [9.17, 15) is 13.9 Å². The molecule has 0 aliphatic rings. The lowest BCUT2D eigenvalue weighted by Gasteiger charge is -2.19. The molecule has 1 atom stereocenters. The molecule has 0 saturated carbocycles. The van der Waals surface area contributed by atoms with Crippen LogP contribution in [0.5, 0.6) is 0 Å². The minimum absolute atomic E-state index is 0.198. The van der Waals surface area contributed by atoms with Gasteiger partial charge in [0.25, 0.3) is 6.43 Å². The summed E-state index contributed by atoms with van der Waals surface area (Å²) in [5.41, 5.74) is 0. The zero-order valence-electron chi connectivity index (χ0n) is 8.04. The van der Waals surface area contributed by atoms with Crippen molar-refractivity contribution in [2.75, 3.05) is 33.4 Å². The Labute approximate surface area is 77.3 Å². The fourth-order valence-corrected chi connectivity index (χ4v) is 0.977. The third-order valence-electron chi connectivity index (χ3n) is 1.49. The van der Waals surface area contributed by atoms with Crippen LogP contribution in [0.25, 0.3) is 0 Å². The van der Waals surface area contributed by atoms with Crippen LogP contribution in [0.3, 0.4) is 0 Å². The van der Waals surface area contributed by atoms with Gasteiger partial charge in [-0.3, -0.25) is 4.90 Å². The largest absolute Gasteiger partial charge is 0.389 e. The van der Waals surface area contributed by atoms with Gasteiger partial charge < -0.3 is 9.84 Å². The van der Waals surface area contributed by atoms with E-state index in [2.05, 4.69) is 0 Å². The number of hydrogen-bond donors (Lipinski definition) is 1. The monoisotopic (exact) mass is 197 g/mol. The number of hydrogen-bond acceptors (Lipinski definition) is 3. The first-order chi connectivity index (χ1) is 6.06. The van der Waals surface area contributed by atoms with Gasteiger partial charge >= 0.3 is 0 Å². The molecule has 0 aromatic carbocycles. The van der Waals surface area contributed by atoms with Gasteiger partial charge in [0.15, 0.2) is 0 Å². The van der Waals surface area contributed by atoms with Crippen LogP contribution in [0, 0.1) is 0 Å². The summed E-state index contributed by atoms with van der Waals surface area (Å²) < 4.78 is 28.6. The molecule has 3 nitrogen and oxygen atoms in total. The van der Waals surface area contributed by atoms with E-state index in [1.165, 1.54) is 4.90 Å². The Balaban J connectivity index is 3.46. The molecule has 0 saturated heterocycles. The molecular weight excluding hydrogens is 180 g/mol. The van der Waals surface area contributed by atoms with Gasteiger partial charge in [-0.1, -0.05) is 0 Å². The van der Waals surface area contributed by atoms with Gasteiger partial charge in [-0.25, -0.2) is 8.78 Å².